The molecule has 2 aromatic rings. The number of nitrogens with one attached hydrogen (secondary N) is 1. The number of fused-ring (bicyclic) bond motifs is 1. The quantitative estimate of drug-likeness (QED) is 0.387. The molecule has 0 aliphatic heterocycles. The molecule has 0 atom stereocenters. The number of hydrogen-bond donors (Lipinski definition) is 1. The Labute approximate surface area is 145 Å². The van der Waals surface area contributed by atoms with Crippen LogP contribution in [0.3, 0.4) is 0 Å². The molecule has 23 heavy (non-hydrogen) atoms. The van der Waals surface area contributed by atoms with Gasteiger partial charge in [-0.05, 0) is 31.0 Å². The van der Waals surface area contributed by atoms with E-state index in [9.17, 15) is 4.57 Å². The molecular formula is C16H23BrNO4P. The summed E-state index contributed by atoms with van der Waals surface area (Å²) in [6.45, 7) is 4.80. The van der Waals surface area contributed by atoms with Gasteiger partial charge in [-0.15, -0.1) is 0 Å². The van der Waals surface area contributed by atoms with E-state index in [2.05, 4.69) is 20.9 Å². The van der Waals surface area contributed by atoms with Crippen molar-refractivity contribution >= 4 is 34.7 Å². The Morgan fingerprint density at radius 2 is 1.78 bits per heavy atom. The van der Waals surface area contributed by atoms with Crippen molar-refractivity contribution in [3.63, 3.8) is 0 Å². The van der Waals surface area contributed by atoms with Gasteiger partial charge in [0.1, 0.15) is 0 Å². The first-order valence-corrected chi connectivity index (χ1v) is 10.2. The van der Waals surface area contributed by atoms with Crippen molar-refractivity contribution in [3.05, 3.63) is 28.9 Å². The summed E-state index contributed by atoms with van der Waals surface area (Å²) in [5.74, 6) is 0.470. The molecule has 0 aliphatic rings. The highest BCUT2D eigenvalue weighted by molar-refractivity contribution is 9.10. The van der Waals surface area contributed by atoms with E-state index in [1.54, 1.807) is 6.20 Å². The minimum Gasteiger partial charge on any atom is -0.402 e. The van der Waals surface area contributed by atoms with Gasteiger partial charge >= 0.3 is 7.82 Å². The maximum atomic E-state index is 12.9. The van der Waals surface area contributed by atoms with Gasteiger partial charge in [0.05, 0.1) is 13.2 Å². The molecule has 0 amide bonds. The number of aromatic nitrogens is 1. The molecule has 0 unspecified atom stereocenters. The minimum atomic E-state index is -3.62. The fraction of sp³-hybridized carbons (Fsp3) is 0.500. The van der Waals surface area contributed by atoms with E-state index in [4.69, 9.17) is 13.6 Å². The van der Waals surface area contributed by atoms with Gasteiger partial charge in [0.15, 0.2) is 5.75 Å². The molecule has 1 N–H and O–H groups in total. The average Bonchev–Trinajstić information content (AvgIpc) is 2.90. The van der Waals surface area contributed by atoms with Crippen molar-refractivity contribution in [3.8, 4) is 5.75 Å². The highest BCUT2D eigenvalue weighted by Gasteiger charge is 2.29. The second kappa shape index (κ2) is 8.88. The zero-order valence-corrected chi connectivity index (χ0v) is 16.0. The maximum absolute atomic E-state index is 12.9. The van der Waals surface area contributed by atoms with Crippen LogP contribution in [0.1, 0.15) is 39.5 Å². The number of phosphoric ester groups is 1. The molecule has 1 aromatic carbocycles. The molecule has 5 nitrogen and oxygen atoms in total. The number of phosphoric acid groups is 1. The van der Waals surface area contributed by atoms with Crippen molar-refractivity contribution in [2.75, 3.05) is 13.2 Å². The van der Waals surface area contributed by atoms with E-state index >= 15 is 0 Å². The predicted molar refractivity (Wildman–Crippen MR) is 96.0 cm³/mol. The van der Waals surface area contributed by atoms with Gasteiger partial charge in [-0.1, -0.05) is 42.6 Å². The normalized spacial score (nSPS) is 12.0. The molecule has 7 heteroatoms. The van der Waals surface area contributed by atoms with Gasteiger partial charge in [0.2, 0.25) is 0 Å². The van der Waals surface area contributed by atoms with Crippen LogP contribution in [0, 0.1) is 0 Å². The van der Waals surface area contributed by atoms with Gasteiger partial charge < -0.3 is 9.51 Å². The van der Waals surface area contributed by atoms with Crippen LogP contribution in [0.2, 0.25) is 0 Å². The van der Waals surface area contributed by atoms with Crippen LogP contribution in [-0.2, 0) is 13.6 Å². The fourth-order valence-electron chi connectivity index (χ4n) is 1.99. The minimum absolute atomic E-state index is 0.353. The number of aromatic amines is 1. The molecule has 128 valence electrons. The zero-order chi connectivity index (χ0) is 16.7. The Balaban J connectivity index is 2.17. The molecular weight excluding hydrogens is 381 g/mol. The topological polar surface area (TPSA) is 60.6 Å². The first-order chi connectivity index (χ1) is 11.1. The van der Waals surface area contributed by atoms with E-state index < -0.39 is 7.82 Å². The molecule has 0 bridgehead atoms. The van der Waals surface area contributed by atoms with E-state index in [1.807, 2.05) is 32.0 Å². The number of benzene rings is 1. The van der Waals surface area contributed by atoms with Crippen molar-refractivity contribution in [2.45, 2.75) is 39.5 Å². The van der Waals surface area contributed by atoms with Gasteiger partial charge in [0.25, 0.3) is 0 Å². The van der Waals surface area contributed by atoms with E-state index in [0.717, 1.165) is 41.1 Å². The SMILES string of the molecule is CCCCOP(=O)(OCCCC)Oc1c[nH]c2ccc(Br)cc12. The number of unbranched alkanes of at least 4 members (excludes halogenated alkanes) is 2. The van der Waals surface area contributed by atoms with Crippen LogP contribution >= 0.6 is 23.8 Å². The van der Waals surface area contributed by atoms with Crippen molar-refractivity contribution in [1.29, 1.82) is 0 Å². The number of rotatable bonds is 10. The molecule has 1 heterocycles. The third-order valence-corrected chi connectivity index (χ3v) is 5.22. The molecule has 2 rings (SSSR count). The van der Waals surface area contributed by atoms with Crippen molar-refractivity contribution < 1.29 is 18.1 Å². The van der Waals surface area contributed by atoms with Crippen LogP contribution < -0.4 is 4.52 Å². The van der Waals surface area contributed by atoms with Gasteiger partial charge in [-0.2, -0.15) is 0 Å². The molecule has 1 aromatic heterocycles. The Bertz CT molecular complexity index is 659. The lowest BCUT2D eigenvalue weighted by Gasteiger charge is -2.18. The third kappa shape index (κ3) is 5.35. The van der Waals surface area contributed by atoms with Gasteiger partial charge in [-0.3, -0.25) is 9.05 Å². The Kier molecular flexibility index (Phi) is 7.15. The first-order valence-electron chi connectivity index (χ1n) is 7.93. The van der Waals surface area contributed by atoms with Gasteiger partial charge in [-0.25, -0.2) is 4.57 Å². The van der Waals surface area contributed by atoms with Crippen molar-refractivity contribution in [2.24, 2.45) is 0 Å². The molecule has 0 fully saturated rings. The third-order valence-electron chi connectivity index (χ3n) is 3.31. The summed E-state index contributed by atoms with van der Waals surface area (Å²) in [6.07, 6.45) is 5.20. The smallest absolute Gasteiger partial charge is 0.402 e. The number of hydrogen-bond acceptors (Lipinski definition) is 4. The van der Waals surface area contributed by atoms with Gasteiger partial charge in [0, 0.05) is 21.6 Å². The molecule has 0 saturated carbocycles. The molecule has 0 saturated heterocycles. The predicted octanol–water partition coefficient (Wildman–Crippen LogP) is 6.05. The largest absolute Gasteiger partial charge is 0.530 e. The summed E-state index contributed by atoms with van der Waals surface area (Å²) in [5.41, 5.74) is 0.900. The van der Waals surface area contributed by atoms with E-state index in [0.29, 0.717) is 19.0 Å². The second-order valence-corrected chi connectivity index (χ2v) is 7.76. The Morgan fingerprint density at radius 3 is 2.39 bits per heavy atom. The summed E-state index contributed by atoms with van der Waals surface area (Å²) in [6, 6.07) is 5.76. The number of halogens is 1. The monoisotopic (exact) mass is 403 g/mol. The summed E-state index contributed by atoms with van der Waals surface area (Å²) < 4.78 is 30.4. The molecule has 0 aliphatic carbocycles. The van der Waals surface area contributed by atoms with Crippen LogP contribution in [-0.4, -0.2) is 18.2 Å². The Hall–Kier alpha value is -0.810. The lowest BCUT2D eigenvalue weighted by Crippen LogP contribution is -2.04. The summed E-state index contributed by atoms with van der Waals surface area (Å²) in [7, 11) is -3.62. The van der Waals surface area contributed by atoms with Crippen LogP contribution in [0.5, 0.6) is 5.75 Å². The summed E-state index contributed by atoms with van der Waals surface area (Å²) >= 11 is 3.43. The fourth-order valence-corrected chi connectivity index (χ4v) is 3.63. The summed E-state index contributed by atoms with van der Waals surface area (Å²) in [5, 5.41) is 0.831. The van der Waals surface area contributed by atoms with Crippen LogP contribution in [0.4, 0.5) is 0 Å². The highest BCUT2D eigenvalue weighted by Crippen LogP contribution is 2.51. The summed E-state index contributed by atoms with van der Waals surface area (Å²) in [4.78, 5) is 3.09. The van der Waals surface area contributed by atoms with Crippen molar-refractivity contribution in [1.82, 2.24) is 4.98 Å². The second-order valence-electron chi connectivity index (χ2n) is 5.25. The Morgan fingerprint density at radius 1 is 1.13 bits per heavy atom. The zero-order valence-electron chi connectivity index (χ0n) is 13.5. The molecule has 0 radical (unpaired) electrons. The maximum Gasteiger partial charge on any atom is 0.530 e. The standard InChI is InChI=1S/C16H23BrNO4P/c1-3-5-9-20-23(19,21-10-6-4-2)22-16-12-18-15-8-7-13(17)11-14(15)16/h7-8,11-12,18H,3-6,9-10H2,1-2H3. The highest BCUT2D eigenvalue weighted by atomic mass is 79.9. The lowest BCUT2D eigenvalue weighted by atomic mass is 10.2. The molecule has 0 spiro atoms. The average molecular weight is 404 g/mol. The first kappa shape index (κ1) is 18.5. The lowest BCUT2D eigenvalue weighted by molar-refractivity contribution is 0.152. The van der Waals surface area contributed by atoms with E-state index in [-0.39, 0.29) is 0 Å². The van der Waals surface area contributed by atoms with Crippen LogP contribution in [0.25, 0.3) is 10.9 Å². The number of H-pyrrole nitrogens is 1. The van der Waals surface area contributed by atoms with E-state index in [1.165, 1.54) is 0 Å². The van der Waals surface area contributed by atoms with Crippen LogP contribution in [0.15, 0.2) is 28.9 Å².